The molecule has 0 aliphatic heterocycles. The molecule has 1 saturated carbocycles. The number of carboxylic acid groups (broad SMARTS) is 1. The van der Waals surface area contributed by atoms with Gasteiger partial charge in [0.25, 0.3) is 0 Å². The zero-order chi connectivity index (χ0) is 8.06. The van der Waals surface area contributed by atoms with E-state index in [4.69, 9.17) is 5.11 Å². The van der Waals surface area contributed by atoms with Gasteiger partial charge in [-0.3, -0.25) is 4.79 Å². The summed E-state index contributed by atoms with van der Waals surface area (Å²) < 4.78 is 13.1. The second kappa shape index (κ2) is 1.84. The van der Waals surface area contributed by atoms with E-state index in [-0.39, 0.29) is 5.92 Å². The normalized spacial score (nSPS) is 46.6. The van der Waals surface area contributed by atoms with Gasteiger partial charge in [-0.1, -0.05) is 12.2 Å². The third-order valence-corrected chi connectivity index (χ3v) is 2.73. The molecule has 2 aliphatic carbocycles. The molecule has 1 N–H and O–H groups in total. The highest BCUT2D eigenvalue weighted by atomic mass is 19.1. The molecule has 0 amide bonds. The van der Waals surface area contributed by atoms with Crippen molar-refractivity contribution in [3.63, 3.8) is 0 Å². The van der Waals surface area contributed by atoms with Gasteiger partial charge in [0.05, 0.1) is 0 Å². The van der Waals surface area contributed by atoms with Crippen LogP contribution in [-0.4, -0.2) is 17.2 Å². The third kappa shape index (κ3) is 0.682. The fourth-order valence-electron chi connectivity index (χ4n) is 2.04. The van der Waals surface area contributed by atoms with Gasteiger partial charge in [0.2, 0.25) is 0 Å². The first-order chi connectivity index (χ1) is 5.15. The van der Waals surface area contributed by atoms with Crippen molar-refractivity contribution in [1.82, 2.24) is 0 Å². The number of hydrogen-bond acceptors (Lipinski definition) is 1. The lowest BCUT2D eigenvalue weighted by molar-refractivity contribution is -0.148. The Balaban J connectivity index is 2.38. The van der Waals surface area contributed by atoms with E-state index in [1.807, 2.05) is 6.08 Å². The van der Waals surface area contributed by atoms with Gasteiger partial charge in [-0.25, -0.2) is 4.39 Å². The molecule has 0 spiro atoms. The van der Waals surface area contributed by atoms with Crippen LogP contribution in [0, 0.1) is 11.3 Å². The standard InChI is InChI=1S/C8H9FO2/c9-6-3-5-1-2-8(6,4-5)7(10)11/h1-2,5-6H,3-4H2,(H,10,11). The predicted molar refractivity (Wildman–Crippen MR) is 36.8 cm³/mol. The van der Waals surface area contributed by atoms with E-state index in [0.717, 1.165) is 0 Å². The Morgan fingerprint density at radius 1 is 1.73 bits per heavy atom. The molecule has 60 valence electrons. The number of carboxylic acids is 1. The third-order valence-electron chi connectivity index (χ3n) is 2.73. The van der Waals surface area contributed by atoms with E-state index in [1.54, 1.807) is 0 Å². The van der Waals surface area contributed by atoms with Gasteiger partial charge in [-0.05, 0) is 18.8 Å². The Hall–Kier alpha value is -0.860. The van der Waals surface area contributed by atoms with E-state index in [9.17, 15) is 9.18 Å². The van der Waals surface area contributed by atoms with Crippen LogP contribution in [0.4, 0.5) is 4.39 Å². The highest BCUT2D eigenvalue weighted by Gasteiger charge is 2.54. The molecular weight excluding hydrogens is 147 g/mol. The molecule has 2 aliphatic rings. The van der Waals surface area contributed by atoms with Crippen LogP contribution >= 0.6 is 0 Å². The first-order valence-electron chi connectivity index (χ1n) is 3.72. The van der Waals surface area contributed by atoms with Crippen LogP contribution in [0.3, 0.4) is 0 Å². The number of carbonyl (C=O) groups is 1. The quantitative estimate of drug-likeness (QED) is 0.582. The maximum atomic E-state index is 13.1. The molecule has 0 saturated heterocycles. The zero-order valence-electron chi connectivity index (χ0n) is 5.96. The number of aliphatic carboxylic acids is 1. The maximum Gasteiger partial charge on any atom is 0.316 e. The van der Waals surface area contributed by atoms with Crippen LogP contribution < -0.4 is 0 Å². The summed E-state index contributed by atoms with van der Waals surface area (Å²) in [4.78, 5) is 10.7. The van der Waals surface area contributed by atoms with Gasteiger partial charge >= 0.3 is 5.97 Å². The van der Waals surface area contributed by atoms with Crippen LogP contribution in [0.5, 0.6) is 0 Å². The number of fused-ring (bicyclic) bond motifs is 2. The Morgan fingerprint density at radius 3 is 2.73 bits per heavy atom. The highest BCUT2D eigenvalue weighted by molar-refractivity contribution is 5.79. The van der Waals surface area contributed by atoms with Crippen molar-refractivity contribution in [2.75, 3.05) is 0 Å². The van der Waals surface area contributed by atoms with E-state index in [1.165, 1.54) is 6.08 Å². The summed E-state index contributed by atoms with van der Waals surface area (Å²) in [6.07, 6.45) is 3.03. The fourth-order valence-corrected chi connectivity index (χ4v) is 2.04. The molecular formula is C8H9FO2. The largest absolute Gasteiger partial charge is 0.481 e. The maximum absolute atomic E-state index is 13.1. The molecule has 0 aromatic rings. The summed E-state index contributed by atoms with van der Waals surface area (Å²) in [6, 6.07) is 0. The molecule has 2 bridgehead atoms. The molecule has 0 aromatic heterocycles. The lowest BCUT2D eigenvalue weighted by Crippen LogP contribution is -2.33. The van der Waals surface area contributed by atoms with Gasteiger partial charge < -0.3 is 5.11 Å². The molecule has 0 heterocycles. The SMILES string of the molecule is O=C(O)C12C=CC(CC1F)C2. The smallest absolute Gasteiger partial charge is 0.316 e. The molecule has 0 aromatic carbocycles. The number of alkyl halides is 1. The predicted octanol–water partition coefficient (Wildman–Crippen LogP) is 1.38. The lowest BCUT2D eigenvalue weighted by atomic mass is 9.86. The minimum absolute atomic E-state index is 0.168. The van der Waals surface area contributed by atoms with Crippen molar-refractivity contribution in [2.24, 2.45) is 11.3 Å². The first-order valence-corrected chi connectivity index (χ1v) is 3.72. The Kier molecular flexibility index (Phi) is 1.14. The van der Waals surface area contributed by atoms with Gasteiger partial charge in [0.15, 0.2) is 0 Å². The van der Waals surface area contributed by atoms with Crippen LogP contribution in [0.1, 0.15) is 12.8 Å². The van der Waals surface area contributed by atoms with Gasteiger partial charge in [-0.15, -0.1) is 0 Å². The van der Waals surface area contributed by atoms with Crippen molar-refractivity contribution in [2.45, 2.75) is 19.0 Å². The highest BCUT2D eigenvalue weighted by Crippen LogP contribution is 2.50. The number of rotatable bonds is 1. The molecule has 2 nitrogen and oxygen atoms in total. The average molecular weight is 156 g/mol. The molecule has 3 atom stereocenters. The van der Waals surface area contributed by atoms with Crippen molar-refractivity contribution in [3.05, 3.63) is 12.2 Å². The average Bonchev–Trinajstić information content (AvgIpc) is 2.43. The molecule has 1 fully saturated rings. The summed E-state index contributed by atoms with van der Waals surface area (Å²) in [6.45, 7) is 0. The van der Waals surface area contributed by atoms with Crippen molar-refractivity contribution in [3.8, 4) is 0 Å². The van der Waals surface area contributed by atoms with Crippen LogP contribution in [0.2, 0.25) is 0 Å². The Morgan fingerprint density at radius 2 is 2.45 bits per heavy atom. The summed E-state index contributed by atoms with van der Waals surface area (Å²) in [5, 5.41) is 8.77. The van der Waals surface area contributed by atoms with Crippen LogP contribution in [-0.2, 0) is 4.79 Å². The Bertz CT molecular complexity index is 236. The van der Waals surface area contributed by atoms with Gasteiger partial charge in [-0.2, -0.15) is 0 Å². The van der Waals surface area contributed by atoms with Crippen LogP contribution in [0.25, 0.3) is 0 Å². The summed E-state index contributed by atoms with van der Waals surface area (Å²) >= 11 is 0. The monoisotopic (exact) mass is 156 g/mol. The second-order valence-corrected chi connectivity index (χ2v) is 3.37. The summed E-state index contributed by atoms with van der Waals surface area (Å²) in [5.41, 5.74) is -1.16. The number of hydrogen-bond donors (Lipinski definition) is 1. The van der Waals surface area contributed by atoms with Gasteiger partial charge in [0.1, 0.15) is 11.6 Å². The van der Waals surface area contributed by atoms with Crippen molar-refractivity contribution in [1.29, 1.82) is 0 Å². The van der Waals surface area contributed by atoms with Gasteiger partial charge in [0, 0.05) is 0 Å². The minimum Gasteiger partial charge on any atom is -0.481 e. The first kappa shape index (κ1) is 6.83. The van der Waals surface area contributed by atoms with E-state index >= 15 is 0 Å². The van der Waals surface area contributed by atoms with E-state index in [2.05, 4.69) is 0 Å². The zero-order valence-corrected chi connectivity index (χ0v) is 5.96. The minimum atomic E-state index is -1.17. The van der Waals surface area contributed by atoms with Crippen molar-refractivity contribution < 1.29 is 14.3 Å². The van der Waals surface area contributed by atoms with E-state index < -0.39 is 17.6 Å². The molecule has 3 unspecified atom stereocenters. The molecule has 11 heavy (non-hydrogen) atoms. The fraction of sp³-hybridized carbons (Fsp3) is 0.625. The summed E-state index contributed by atoms with van der Waals surface area (Å²) in [7, 11) is 0. The summed E-state index contributed by atoms with van der Waals surface area (Å²) in [5.74, 6) is -0.845. The lowest BCUT2D eigenvalue weighted by Gasteiger charge is -2.20. The molecule has 2 rings (SSSR count). The van der Waals surface area contributed by atoms with Crippen LogP contribution in [0.15, 0.2) is 12.2 Å². The Labute approximate surface area is 63.7 Å². The number of halogens is 1. The molecule has 3 heteroatoms. The second-order valence-electron chi connectivity index (χ2n) is 3.37. The topological polar surface area (TPSA) is 37.3 Å². The van der Waals surface area contributed by atoms with Crippen molar-refractivity contribution >= 4 is 5.97 Å². The molecule has 0 radical (unpaired) electrons. The van der Waals surface area contributed by atoms with E-state index in [0.29, 0.717) is 12.8 Å². The number of allylic oxidation sites excluding steroid dienone is 1.